The third-order valence-corrected chi connectivity index (χ3v) is 9.14. The second-order valence-electron chi connectivity index (χ2n) is 10.4. The highest BCUT2D eigenvalue weighted by molar-refractivity contribution is 7.15. The van der Waals surface area contributed by atoms with E-state index < -0.39 is 6.10 Å². The van der Waals surface area contributed by atoms with Crippen LogP contribution in [-0.4, -0.2) is 55.4 Å². The number of hydrogen-bond donors (Lipinski definition) is 3. The molecule has 1 heterocycles. The molecule has 1 aromatic carbocycles. The number of carbonyl (C=O) groups is 2. The second kappa shape index (κ2) is 10.9. The summed E-state index contributed by atoms with van der Waals surface area (Å²) in [7, 11) is 3.19. The van der Waals surface area contributed by atoms with E-state index in [9.17, 15) is 14.7 Å². The predicted octanol–water partition coefficient (Wildman–Crippen LogP) is 3.86. The van der Waals surface area contributed by atoms with E-state index in [1.807, 2.05) is 6.92 Å². The van der Waals surface area contributed by atoms with Crippen molar-refractivity contribution in [1.82, 2.24) is 10.3 Å². The van der Waals surface area contributed by atoms with Gasteiger partial charge >= 0.3 is 0 Å². The van der Waals surface area contributed by atoms with Crippen LogP contribution in [0.4, 0.5) is 5.13 Å². The Morgan fingerprint density at radius 3 is 2.67 bits per heavy atom. The summed E-state index contributed by atoms with van der Waals surface area (Å²) in [4.78, 5) is 31.5. The smallest absolute Gasteiger partial charge is 0.257 e. The fourth-order valence-corrected chi connectivity index (χ4v) is 7.40. The van der Waals surface area contributed by atoms with Crippen molar-refractivity contribution in [2.75, 3.05) is 32.7 Å². The average molecular weight is 516 g/mol. The first kappa shape index (κ1) is 26.6. The van der Waals surface area contributed by atoms with Crippen molar-refractivity contribution in [3.63, 3.8) is 0 Å². The summed E-state index contributed by atoms with van der Waals surface area (Å²) in [6.07, 6.45) is 1.94. The van der Waals surface area contributed by atoms with E-state index in [0.29, 0.717) is 29.6 Å². The van der Waals surface area contributed by atoms with Crippen LogP contribution >= 0.6 is 11.3 Å². The zero-order valence-corrected chi connectivity index (χ0v) is 22.5. The van der Waals surface area contributed by atoms with E-state index in [0.717, 1.165) is 25.0 Å². The number of amides is 2. The summed E-state index contributed by atoms with van der Waals surface area (Å²) in [6, 6.07) is 6.96. The second-order valence-corrected chi connectivity index (χ2v) is 11.5. The minimum Gasteiger partial charge on any atom is -0.497 e. The number of anilines is 1. The Hall–Kier alpha value is -2.49. The molecule has 2 aliphatic carbocycles. The highest BCUT2D eigenvalue weighted by Gasteiger charge is 2.53. The van der Waals surface area contributed by atoms with Crippen LogP contribution in [-0.2, 0) is 16.0 Å². The molecule has 1 saturated carbocycles. The van der Waals surface area contributed by atoms with Gasteiger partial charge in [0.2, 0.25) is 5.91 Å². The Balaban J connectivity index is 1.49. The molecule has 196 valence electrons. The lowest BCUT2D eigenvalue weighted by atomic mass is 9.53. The normalized spacial score (nSPS) is 27.9. The fraction of sp³-hybridized carbons (Fsp3) is 0.593. The minimum absolute atomic E-state index is 0.00906. The van der Waals surface area contributed by atoms with Gasteiger partial charge in [0.15, 0.2) is 5.13 Å². The predicted molar refractivity (Wildman–Crippen MR) is 140 cm³/mol. The zero-order chi connectivity index (χ0) is 26.0. The van der Waals surface area contributed by atoms with Gasteiger partial charge in [-0.2, -0.15) is 0 Å². The van der Waals surface area contributed by atoms with Crippen LogP contribution < -0.4 is 15.4 Å². The molecule has 6 atom stereocenters. The number of ether oxygens (including phenoxy) is 2. The molecule has 3 N–H and O–H groups in total. The highest BCUT2D eigenvalue weighted by Crippen LogP contribution is 2.57. The van der Waals surface area contributed by atoms with E-state index in [4.69, 9.17) is 14.5 Å². The molecule has 8 nitrogen and oxygen atoms in total. The molecule has 1 fully saturated rings. The summed E-state index contributed by atoms with van der Waals surface area (Å²) in [5, 5.41) is 18.0. The van der Waals surface area contributed by atoms with Crippen LogP contribution in [0.15, 0.2) is 24.3 Å². The van der Waals surface area contributed by atoms with Crippen molar-refractivity contribution in [3.8, 4) is 5.75 Å². The Morgan fingerprint density at radius 2 is 2.00 bits per heavy atom. The number of aliphatic hydroxyl groups is 1. The van der Waals surface area contributed by atoms with Gasteiger partial charge in [-0.15, -0.1) is 11.3 Å². The Labute approximate surface area is 216 Å². The van der Waals surface area contributed by atoms with E-state index >= 15 is 0 Å². The Morgan fingerprint density at radius 1 is 1.28 bits per heavy atom. The Kier molecular flexibility index (Phi) is 8.02. The van der Waals surface area contributed by atoms with Crippen molar-refractivity contribution >= 4 is 28.3 Å². The minimum atomic E-state index is -0.603. The number of nitrogens with one attached hydrogen (secondary N) is 2. The van der Waals surface area contributed by atoms with E-state index in [1.165, 1.54) is 16.2 Å². The molecule has 2 aliphatic rings. The number of hydrogen-bond acceptors (Lipinski definition) is 7. The van der Waals surface area contributed by atoms with Gasteiger partial charge in [0.25, 0.3) is 5.91 Å². The third-order valence-electron chi connectivity index (χ3n) is 8.16. The van der Waals surface area contributed by atoms with Gasteiger partial charge in [-0.05, 0) is 60.8 Å². The first-order chi connectivity index (χ1) is 17.2. The maximum Gasteiger partial charge on any atom is 0.257 e. The number of carbonyl (C=O) groups excluding carboxylic acids is 2. The number of nitrogens with zero attached hydrogens (tertiary/aromatic N) is 1. The maximum atomic E-state index is 12.8. The Bertz CT molecular complexity index is 1090. The lowest BCUT2D eigenvalue weighted by Gasteiger charge is -2.53. The molecular formula is C27H37N3O5S. The number of aliphatic hydroxyl groups excluding tert-OH is 1. The number of rotatable bonds is 8. The topological polar surface area (TPSA) is 110 Å². The quantitative estimate of drug-likeness (QED) is 0.461. The van der Waals surface area contributed by atoms with E-state index in [-0.39, 0.29) is 40.9 Å². The van der Waals surface area contributed by atoms with Crippen LogP contribution in [0.5, 0.6) is 5.75 Å². The SMILES string of the molecule is COCCNC(=O)C(C)C1CCC2(C)Cc3sc(NC(=O)c4ccc(OC)cc4)nc3C(C)C2C1O. The molecule has 2 amide bonds. The van der Waals surface area contributed by atoms with Crippen molar-refractivity contribution < 1.29 is 24.2 Å². The molecule has 4 rings (SSSR count). The maximum absolute atomic E-state index is 12.8. The summed E-state index contributed by atoms with van der Waals surface area (Å²) in [5.41, 5.74) is 1.40. The molecule has 9 heteroatoms. The van der Waals surface area contributed by atoms with Gasteiger partial charge in [0, 0.05) is 35.9 Å². The standard InChI is InChI=1S/C27H37N3O5S/c1-15(24(32)28-12-13-34-4)19-10-11-27(3)14-20-22(16(2)21(27)23(19)31)29-26(36-20)30-25(33)17-6-8-18(35-5)9-7-17/h6-9,15-16,19,21,23,31H,10-14H2,1-5H3,(H,28,32)(H,29,30,33). The van der Waals surface area contributed by atoms with Crippen molar-refractivity contribution in [2.24, 2.45) is 23.2 Å². The van der Waals surface area contributed by atoms with Gasteiger partial charge < -0.3 is 19.9 Å². The summed E-state index contributed by atoms with van der Waals surface area (Å²) in [6.45, 7) is 7.20. The first-order valence-electron chi connectivity index (χ1n) is 12.6. The molecule has 0 spiro atoms. The molecule has 0 aliphatic heterocycles. The summed E-state index contributed by atoms with van der Waals surface area (Å²) >= 11 is 1.52. The molecule has 36 heavy (non-hydrogen) atoms. The number of aromatic nitrogens is 1. The average Bonchev–Trinajstić information content (AvgIpc) is 3.25. The van der Waals surface area contributed by atoms with Crippen molar-refractivity contribution in [3.05, 3.63) is 40.4 Å². The largest absolute Gasteiger partial charge is 0.497 e. The first-order valence-corrected chi connectivity index (χ1v) is 13.4. The van der Waals surface area contributed by atoms with Gasteiger partial charge in [0.1, 0.15) is 5.75 Å². The monoisotopic (exact) mass is 515 g/mol. The lowest BCUT2D eigenvalue weighted by Crippen LogP contribution is -2.53. The van der Waals surface area contributed by atoms with Gasteiger partial charge in [0.05, 0.1) is 25.5 Å². The van der Waals surface area contributed by atoms with Crippen molar-refractivity contribution in [1.29, 1.82) is 0 Å². The van der Waals surface area contributed by atoms with E-state index in [1.54, 1.807) is 38.5 Å². The molecule has 6 unspecified atom stereocenters. The molecule has 0 bridgehead atoms. The van der Waals surface area contributed by atoms with Crippen LogP contribution in [0.2, 0.25) is 0 Å². The molecule has 1 aromatic heterocycles. The van der Waals surface area contributed by atoms with Crippen LogP contribution in [0.25, 0.3) is 0 Å². The fourth-order valence-electron chi connectivity index (χ4n) is 6.14. The van der Waals surface area contributed by atoms with E-state index in [2.05, 4.69) is 24.5 Å². The van der Waals surface area contributed by atoms with Crippen LogP contribution in [0.3, 0.4) is 0 Å². The lowest BCUT2D eigenvalue weighted by molar-refractivity contribution is -0.135. The number of methoxy groups -OCH3 is 2. The molecular weight excluding hydrogens is 478 g/mol. The molecule has 0 saturated heterocycles. The van der Waals surface area contributed by atoms with Gasteiger partial charge in [-0.3, -0.25) is 14.9 Å². The van der Waals surface area contributed by atoms with Crippen LogP contribution in [0.1, 0.15) is 60.5 Å². The summed E-state index contributed by atoms with van der Waals surface area (Å²) < 4.78 is 10.2. The summed E-state index contributed by atoms with van der Waals surface area (Å²) in [5.74, 6) is 0.0507. The van der Waals surface area contributed by atoms with Gasteiger partial charge in [-0.25, -0.2) is 4.98 Å². The van der Waals surface area contributed by atoms with Gasteiger partial charge in [-0.1, -0.05) is 20.8 Å². The van der Waals surface area contributed by atoms with Crippen LogP contribution in [0, 0.1) is 23.2 Å². The highest BCUT2D eigenvalue weighted by atomic mass is 32.1. The number of benzene rings is 1. The van der Waals surface area contributed by atoms with Crippen molar-refractivity contribution in [2.45, 2.75) is 52.1 Å². The third kappa shape index (κ3) is 5.14. The number of fused-ring (bicyclic) bond motifs is 2. The molecule has 2 aromatic rings. The molecule has 0 radical (unpaired) electrons. The zero-order valence-electron chi connectivity index (χ0n) is 21.7. The number of thiazole rings is 1.